The van der Waals surface area contributed by atoms with E-state index in [0.29, 0.717) is 22.6 Å². The molecule has 0 atom stereocenters. The minimum absolute atomic E-state index is 0.153. The summed E-state index contributed by atoms with van der Waals surface area (Å²) in [6.07, 6.45) is 3.68. The lowest BCUT2D eigenvalue weighted by Gasteiger charge is -2.11. The number of hydrogen-bond acceptors (Lipinski definition) is 4. The molecule has 2 amide bonds. The highest BCUT2D eigenvalue weighted by atomic mass is 16.2. The van der Waals surface area contributed by atoms with Gasteiger partial charge in [0.05, 0.1) is 33.9 Å². The summed E-state index contributed by atoms with van der Waals surface area (Å²) in [5.41, 5.74) is 5.69. The van der Waals surface area contributed by atoms with Crippen LogP contribution in [0, 0.1) is 0 Å². The van der Waals surface area contributed by atoms with Crippen LogP contribution in [0.15, 0.2) is 106 Å². The first-order valence-corrected chi connectivity index (χ1v) is 10.9. The molecule has 0 unspecified atom stereocenters. The Bertz CT molecular complexity index is 1280. The molecular weight excluding hydrogens is 424 g/mol. The van der Waals surface area contributed by atoms with E-state index in [1.807, 2.05) is 111 Å². The quantitative estimate of drug-likeness (QED) is 0.511. The predicted molar refractivity (Wildman–Crippen MR) is 136 cm³/mol. The molecule has 34 heavy (non-hydrogen) atoms. The normalized spacial score (nSPS) is 18.2. The third-order valence-corrected chi connectivity index (χ3v) is 5.69. The van der Waals surface area contributed by atoms with E-state index in [0.717, 1.165) is 22.5 Å². The summed E-state index contributed by atoms with van der Waals surface area (Å²) in [4.78, 5) is 25.8. The fraction of sp³-hybridized carbons (Fsp3) is 0.0714. The maximum Gasteiger partial charge on any atom is 0.280 e. The SMILES string of the molecule is CC1=NN(c2ccccc2)C(=O)/C1=C\c1ccc(/C=C2\C(=O)N(c3ccccc3)N=C2C)cc1. The van der Waals surface area contributed by atoms with E-state index >= 15 is 0 Å². The zero-order valence-electron chi connectivity index (χ0n) is 18.8. The summed E-state index contributed by atoms with van der Waals surface area (Å²) < 4.78 is 0. The van der Waals surface area contributed by atoms with Crippen molar-refractivity contribution in [2.45, 2.75) is 13.8 Å². The van der Waals surface area contributed by atoms with Gasteiger partial charge in [-0.25, -0.2) is 0 Å². The van der Waals surface area contributed by atoms with Gasteiger partial charge in [-0.15, -0.1) is 0 Å². The lowest BCUT2D eigenvalue weighted by atomic mass is 10.0. The van der Waals surface area contributed by atoms with Crippen molar-refractivity contribution in [2.75, 3.05) is 10.0 Å². The van der Waals surface area contributed by atoms with Crippen LogP contribution in [0.25, 0.3) is 12.2 Å². The van der Waals surface area contributed by atoms with Crippen LogP contribution in [-0.4, -0.2) is 23.2 Å². The van der Waals surface area contributed by atoms with Crippen molar-refractivity contribution in [3.63, 3.8) is 0 Å². The molecule has 0 radical (unpaired) electrons. The van der Waals surface area contributed by atoms with Gasteiger partial charge in [-0.2, -0.15) is 20.2 Å². The number of hydrogen-bond donors (Lipinski definition) is 0. The standard InChI is InChI=1S/C28H22N4O2/c1-19-25(27(33)31(29-19)23-9-5-3-6-10-23)17-21-13-15-22(16-14-21)18-26-20(2)30-32(28(26)34)24-11-7-4-8-12-24/h3-18H,1-2H3/b25-17-,26-18-. The molecule has 2 heterocycles. The lowest BCUT2D eigenvalue weighted by molar-refractivity contribution is -0.115. The van der Waals surface area contributed by atoms with Crippen molar-refractivity contribution in [3.05, 3.63) is 107 Å². The molecule has 6 heteroatoms. The zero-order chi connectivity index (χ0) is 23.7. The third kappa shape index (κ3) is 3.97. The Morgan fingerprint density at radius 1 is 0.559 bits per heavy atom. The predicted octanol–water partition coefficient (Wildman–Crippen LogP) is 5.30. The summed E-state index contributed by atoms with van der Waals surface area (Å²) in [7, 11) is 0. The number of amides is 2. The van der Waals surface area contributed by atoms with Gasteiger partial charge in [0, 0.05) is 0 Å². The highest BCUT2D eigenvalue weighted by Gasteiger charge is 2.29. The highest BCUT2D eigenvalue weighted by molar-refractivity contribution is 6.33. The fourth-order valence-electron chi connectivity index (χ4n) is 3.88. The van der Waals surface area contributed by atoms with Crippen LogP contribution in [0.5, 0.6) is 0 Å². The van der Waals surface area contributed by atoms with Gasteiger partial charge in [-0.1, -0.05) is 60.7 Å². The van der Waals surface area contributed by atoms with Gasteiger partial charge < -0.3 is 0 Å². The Labute approximate surface area is 197 Å². The average molecular weight is 447 g/mol. The van der Waals surface area contributed by atoms with E-state index in [1.54, 1.807) is 0 Å². The Morgan fingerprint density at radius 2 is 0.912 bits per heavy atom. The summed E-state index contributed by atoms with van der Waals surface area (Å²) in [5.74, 6) is -0.307. The molecule has 0 saturated heterocycles. The maximum absolute atomic E-state index is 12.9. The van der Waals surface area contributed by atoms with Crippen molar-refractivity contribution in [1.29, 1.82) is 0 Å². The van der Waals surface area contributed by atoms with E-state index in [1.165, 1.54) is 10.0 Å². The highest BCUT2D eigenvalue weighted by Crippen LogP contribution is 2.26. The molecule has 2 aliphatic rings. The van der Waals surface area contributed by atoms with E-state index in [9.17, 15) is 9.59 Å². The van der Waals surface area contributed by atoms with Gasteiger partial charge >= 0.3 is 0 Å². The van der Waals surface area contributed by atoms with Crippen molar-refractivity contribution in [2.24, 2.45) is 10.2 Å². The van der Waals surface area contributed by atoms with Gasteiger partial charge in [0.15, 0.2) is 0 Å². The summed E-state index contributed by atoms with van der Waals surface area (Å²) in [6, 6.07) is 26.4. The summed E-state index contributed by atoms with van der Waals surface area (Å²) >= 11 is 0. The Balaban J connectivity index is 1.36. The Morgan fingerprint density at radius 3 is 1.26 bits per heavy atom. The molecule has 5 rings (SSSR count). The Hall–Kier alpha value is -4.58. The van der Waals surface area contributed by atoms with Gasteiger partial charge in [0.25, 0.3) is 11.8 Å². The number of anilines is 2. The largest absolute Gasteiger partial charge is 0.280 e. The maximum atomic E-state index is 12.9. The molecule has 6 nitrogen and oxygen atoms in total. The molecule has 0 N–H and O–H groups in total. The van der Waals surface area contributed by atoms with Crippen molar-refractivity contribution in [3.8, 4) is 0 Å². The first-order valence-electron chi connectivity index (χ1n) is 10.9. The lowest BCUT2D eigenvalue weighted by Crippen LogP contribution is -2.21. The molecule has 0 aromatic heterocycles. The molecule has 0 bridgehead atoms. The molecular formula is C28H22N4O2. The molecule has 0 saturated carbocycles. The van der Waals surface area contributed by atoms with Crippen LogP contribution in [0.1, 0.15) is 25.0 Å². The number of hydrazone groups is 2. The first-order chi connectivity index (χ1) is 16.5. The molecule has 0 aliphatic carbocycles. The van der Waals surface area contributed by atoms with Gasteiger partial charge in [0.1, 0.15) is 0 Å². The molecule has 0 spiro atoms. The number of para-hydroxylation sites is 2. The smallest absolute Gasteiger partial charge is 0.267 e. The van der Waals surface area contributed by atoms with E-state index in [2.05, 4.69) is 10.2 Å². The van der Waals surface area contributed by atoms with Crippen LogP contribution in [-0.2, 0) is 9.59 Å². The van der Waals surface area contributed by atoms with E-state index in [4.69, 9.17) is 0 Å². The number of carbonyl (C=O) groups is 2. The minimum atomic E-state index is -0.153. The third-order valence-electron chi connectivity index (χ3n) is 5.69. The van der Waals surface area contributed by atoms with Gasteiger partial charge in [-0.05, 0) is 61.4 Å². The molecule has 166 valence electrons. The number of carbonyl (C=O) groups excluding carboxylic acids is 2. The minimum Gasteiger partial charge on any atom is -0.267 e. The molecule has 0 fully saturated rings. The van der Waals surface area contributed by atoms with E-state index in [-0.39, 0.29) is 11.8 Å². The summed E-state index contributed by atoms with van der Waals surface area (Å²) in [5, 5.41) is 11.7. The van der Waals surface area contributed by atoms with Crippen LogP contribution in [0.2, 0.25) is 0 Å². The second-order valence-electron chi connectivity index (χ2n) is 8.06. The van der Waals surface area contributed by atoms with Gasteiger partial charge in [-0.3, -0.25) is 9.59 Å². The number of rotatable bonds is 4. The van der Waals surface area contributed by atoms with Crippen LogP contribution in [0.4, 0.5) is 11.4 Å². The van der Waals surface area contributed by atoms with Crippen LogP contribution < -0.4 is 10.0 Å². The van der Waals surface area contributed by atoms with Crippen LogP contribution >= 0.6 is 0 Å². The van der Waals surface area contributed by atoms with E-state index < -0.39 is 0 Å². The second kappa shape index (κ2) is 8.75. The number of nitrogens with zero attached hydrogens (tertiary/aromatic N) is 4. The zero-order valence-corrected chi connectivity index (χ0v) is 18.8. The van der Waals surface area contributed by atoms with Crippen LogP contribution in [0.3, 0.4) is 0 Å². The van der Waals surface area contributed by atoms with Gasteiger partial charge in [0.2, 0.25) is 0 Å². The molecule has 3 aromatic carbocycles. The number of benzene rings is 3. The fourth-order valence-corrected chi connectivity index (χ4v) is 3.88. The summed E-state index contributed by atoms with van der Waals surface area (Å²) in [6.45, 7) is 3.66. The van der Waals surface area contributed by atoms with Crippen molar-refractivity contribution in [1.82, 2.24) is 0 Å². The first kappa shape index (κ1) is 21.3. The monoisotopic (exact) mass is 446 g/mol. The van der Waals surface area contributed by atoms with Crippen molar-refractivity contribution >= 4 is 46.8 Å². The van der Waals surface area contributed by atoms with Crippen molar-refractivity contribution < 1.29 is 9.59 Å². The topological polar surface area (TPSA) is 65.3 Å². The Kier molecular flexibility index (Phi) is 5.47. The second-order valence-corrected chi connectivity index (χ2v) is 8.06. The molecule has 3 aromatic rings. The molecule has 2 aliphatic heterocycles. The average Bonchev–Trinajstić information content (AvgIpc) is 3.31.